The molecule has 0 aliphatic rings. The summed E-state index contributed by atoms with van der Waals surface area (Å²) in [5.74, 6) is 0.129. The summed E-state index contributed by atoms with van der Waals surface area (Å²) >= 11 is 0. The van der Waals surface area contributed by atoms with Gasteiger partial charge in [-0.1, -0.05) is 0 Å². The van der Waals surface area contributed by atoms with Gasteiger partial charge < -0.3 is 14.6 Å². The number of ether oxygens (including phenoxy) is 2. The first-order valence-electron chi connectivity index (χ1n) is 6.73. The van der Waals surface area contributed by atoms with E-state index in [0.717, 1.165) is 0 Å². The van der Waals surface area contributed by atoms with Crippen LogP contribution in [-0.4, -0.2) is 30.1 Å². The van der Waals surface area contributed by atoms with Crippen molar-refractivity contribution in [2.45, 2.75) is 33.1 Å². The Morgan fingerprint density at radius 2 is 1.80 bits per heavy atom. The fourth-order valence-electron chi connectivity index (χ4n) is 1.80. The molecule has 0 bridgehead atoms. The number of aliphatic carboxylic acids is 1. The monoisotopic (exact) mass is 280 g/mol. The van der Waals surface area contributed by atoms with Gasteiger partial charge in [0, 0.05) is 18.9 Å². The van der Waals surface area contributed by atoms with Crippen LogP contribution in [0.1, 0.15) is 43.5 Å². The van der Waals surface area contributed by atoms with Crippen molar-refractivity contribution in [1.82, 2.24) is 0 Å². The third-order valence-corrected chi connectivity index (χ3v) is 2.66. The van der Waals surface area contributed by atoms with E-state index in [1.54, 1.807) is 18.2 Å². The van der Waals surface area contributed by atoms with E-state index in [2.05, 4.69) is 0 Å². The molecule has 0 spiro atoms. The van der Waals surface area contributed by atoms with Crippen LogP contribution in [0.2, 0.25) is 0 Å². The van der Waals surface area contributed by atoms with E-state index in [4.69, 9.17) is 14.6 Å². The quantitative estimate of drug-likeness (QED) is 0.704. The van der Waals surface area contributed by atoms with Gasteiger partial charge in [-0.3, -0.25) is 9.59 Å². The van der Waals surface area contributed by atoms with Gasteiger partial charge in [0.1, 0.15) is 11.5 Å². The van der Waals surface area contributed by atoms with Crippen molar-refractivity contribution in [2.75, 3.05) is 13.2 Å². The van der Waals surface area contributed by atoms with Crippen LogP contribution in [0.15, 0.2) is 18.2 Å². The van der Waals surface area contributed by atoms with Gasteiger partial charge in [-0.05, 0) is 32.4 Å². The summed E-state index contributed by atoms with van der Waals surface area (Å²) in [5, 5.41) is 8.58. The highest BCUT2D eigenvalue weighted by Crippen LogP contribution is 2.26. The van der Waals surface area contributed by atoms with Crippen molar-refractivity contribution >= 4 is 11.8 Å². The molecule has 0 saturated carbocycles. The molecule has 5 heteroatoms. The Kier molecular flexibility index (Phi) is 6.56. The number of Topliss-reactive ketones (excluding diaryl/α,β-unsaturated/α-hetero) is 1. The molecule has 0 radical (unpaired) electrons. The molecule has 0 aliphatic carbocycles. The minimum absolute atomic E-state index is 0.00720. The molecule has 0 atom stereocenters. The molecular formula is C15H20O5. The van der Waals surface area contributed by atoms with E-state index in [1.165, 1.54) is 0 Å². The van der Waals surface area contributed by atoms with Gasteiger partial charge in [0.05, 0.1) is 18.8 Å². The van der Waals surface area contributed by atoms with Crippen molar-refractivity contribution in [2.24, 2.45) is 0 Å². The SMILES string of the molecule is CCOc1ccc(C(=O)CCCC(=O)O)c(OCC)c1. The molecule has 5 nitrogen and oxygen atoms in total. The normalized spacial score (nSPS) is 10.1. The zero-order valence-corrected chi connectivity index (χ0v) is 11.8. The minimum Gasteiger partial charge on any atom is -0.494 e. The number of carboxylic acids is 1. The van der Waals surface area contributed by atoms with Crippen LogP contribution in [0, 0.1) is 0 Å². The Balaban J connectivity index is 2.80. The fourth-order valence-corrected chi connectivity index (χ4v) is 1.80. The summed E-state index contributed by atoms with van der Waals surface area (Å²) in [6, 6.07) is 5.08. The highest BCUT2D eigenvalue weighted by Gasteiger charge is 2.14. The van der Waals surface area contributed by atoms with Gasteiger partial charge >= 0.3 is 5.97 Å². The Bertz CT molecular complexity index is 467. The lowest BCUT2D eigenvalue weighted by Crippen LogP contribution is -2.06. The number of rotatable bonds is 9. The topological polar surface area (TPSA) is 72.8 Å². The Morgan fingerprint density at radius 1 is 1.10 bits per heavy atom. The van der Waals surface area contributed by atoms with Crippen LogP contribution < -0.4 is 9.47 Å². The molecule has 1 aromatic carbocycles. The molecule has 20 heavy (non-hydrogen) atoms. The summed E-state index contributed by atoms with van der Waals surface area (Å²) in [6.07, 6.45) is 0.514. The molecule has 0 heterocycles. The number of carboxylic acid groups (broad SMARTS) is 1. The molecule has 1 N–H and O–H groups in total. The zero-order valence-electron chi connectivity index (χ0n) is 11.8. The van der Waals surface area contributed by atoms with Crippen LogP contribution in [0.3, 0.4) is 0 Å². The van der Waals surface area contributed by atoms with Gasteiger partial charge in [0.2, 0.25) is 0 Å². The average Bonchev–Trinajstić information content (AvgIpc) is 2.39. The smallest absolute Gasteiger partial charge is 0.303 e. The molecule has 0 saturated heterocycles. The van der Waals surface area contributed by atoms with Crippen molar-refractivity contribution in [3.05, 3.63) is 23.8 Å². The van der Waals surface area contributed by atoms with Crippen LogP contribution in [0.4, 0.5) is 0 Å². The predicted octanol–water partition coefficient (Wildman–Crippen LogP) is 2.92. The van der Waals surface area contributed by atoms with Crippen molar-refractivity contribution < 1.29 is 24.2 Å². The minimum atomic E-state index is -0.894. The molecule has 0 aromatic heterocycles. The summed E-state index contributed by atoms with van der Waals surface area (Å²) in [4.78, 5) is 22.5. The molecule has 0 fully saturated rings. The summed E-state index contributed by atoms with van der Waals surface area (Å²) in [6.45, 7) is 4.71. The molecule has 0 aliphatic heterocycles. The Morgan fingerprint density at radius 3 is 2.40 bits per heavy atom. The third-order valence-electron chi connectivity index (χ3n) is 2.66. The lowest BCUT2D eigenvalue weighted by Gasteiger charge is -2.11. The van der Waals surface area contributed by atoms with Crippen LogP contribution in [0.5, 0.6) is 11.5 Å². The first-order chi connectivity index (χ1) is 9.58. The second-order valence-electron chi connectivity index (χ2n) is 4.19. The van der Waals surface area contributed by atoms with Gasteiger partial charge in [0.25, 0.3) is 0 Å². The lowest BCUT2D eigenvalue weighted by atomic mass is 10.0. The van der Waals surface area contributed by atoms with Crippen molar-refractivity contribution in [3.8, 4) is 11.5 Å². The number of benzene rings is 1. The lowest BCUT2D eigenvalue weighted by molar-refractivity contribution is -0.137. The van der Waals surface area contributed by atoms with Gasteiger partial charge in [-0.2, -0.15) is 0 Å². The second kappa shape index (κ2) is 8.19. The molecular weight excluding hydrogens is 260 g/mol. The van der Waals surface area contributed by atoms with E-state index < -0.39 is 5.97 Å². The number of carbonyl (C=O) groups excluding carboxylic acids is 1. The molecule has 0 unspecified atom stereocenters. The molecule has 0 amide bonds. The Hall–Kier alpha value is -2.04. The largest absolute Gasteiger partial charge is 0.494 e. The maximum atomic E-state index is 12.1. The van der Waals surface area contributed by atoms with Crippen LogP contribution in [0.25, 0.3) is 0 Å². The van der Waals surface area contributed by atoms with E-state index >= 15 is 0 Å². The number of carbonyl (C=O) groups is 2. The number of hydrogen-bond acceptors (Lipinski definition) is 4. The zero-order chi connectivity index (χ0) is 15.0. The van der Waals surface area contributed by atoms with Crippen LogP contribution >= 0.6 is 0 Å². The third kappa shape index (κ3) is 4.91. The number of hydrogen-bond donors (Lipinski definition) is 1. The van der Waals surface area contributed by atoms with E-state index in [0.29, 0.717) is 36.7 Å². The maximum Gasteiger partial charge on any atom is 0.303 e. The van der Waals surface area contributed by atoms with Crippen molar-refractivity contribution in [3.63, 3.8) is 0 Å². The summed E-state index contributed by atoms with van der Waals surface area (Å²) in [7, 11) is 0. The van der Waals surface area contributed by atoms with Crippen molar-refractivity contribution in [1.29, 1.82) is 0 Å². The standard InChI is InChI=1S/C15H20O5/c1-3-19-11-8-9-12(14(10-11)20-4-2)13(16)6-5-7-15(17)18/h8-10H,3-7H2,1-2H3,(H,17,18). The highest BCUT2D eigenvalue weighted by molar-refractivity contribution is 5.99. The highest BCUT2D eigenvalue weighted by atomic mass is 16.5. The van der Waals surface area contributed by atoms with Gasteiger partial charge in [-0.25, -0.2) is 0 Å². The van der Waals surface area contributed by atoms with Gasteiger partial charge in [0.15, 0.2) is 5.78 Å². The molecule has 110 valence electrons. The Labute approximate surface area is 118 Å². The van der Waals surface area contributed by atoms with E-state index in [9.17, 15) is 9.59 Å². The fraction of sp³-hybridized carbons (Fsp3) is 0.467. The van der Waals surface area contributed by atoms with Gasteiger partial charge in [-0.15, -0.1) is 0 Å². The molecule has 1 rings (SSSR count). The first kappa shape index (κ1) is 16.0. The average molecular weight is 280 g/mol. The maximum absolute atomic E-state index is 12.1. The predicted molar refractivity (Wildman–Crippen MR) is 74.6 cm³/mol. The van der Waals surface area contributed by atoms with E-state index in [1.807, 2.05) is 13.8 Å². The molecule has 1 aromatic rings. The first-order valence-corrected chi connectivity index (χ1v) is 6.73. The van der Waals surface area contributed by atoms with E-state index in [-0.39, 0.29) is 18.6 Å². The summed E-state index contributed by atoms with van der Waals surface area (Å²) < 4.78 is 10.8. The second-order valence-corrected chi connectivity index (χ2v) is 4.19. The van der Waals surface area contributed by atoms with Crippen LogP contribution in [-0.2, 0) is 4.79 Å². The summed E-state index contributed by atoms with van der Waals surface area (Å²) in [5.41, 5.74) is 0.473. The number of ketones is 1.